The molecule has 2 aromatic carbocycles. The highest BCUT2D eigenvalue weighted by Gasteiger charge is 2.12. The Hall–Kier alpha value is -2.00. The lowest BCUT2D eigenvalue weighted by Gasteiger charge is -2.12. The van der Waals surface area contributed by atoms with Crippen LogP contribution in [0.2, 0.25) is 5.02 Å². The van der Waals surface area contributed by atoms with Crippen molar-refractivity contribution in [2.75, 3.05) is 6.61 Å². The van der Waals surface area contributed by atoms with Crippen LogP contribution < -0.4 is 4.74 Å². The number of hydrogen-bond donors (Lipinski definition) is 1. The smallest absolute Gasteiger partial charge is 0.335 e. The fourth-order valence-corrected chi connectivity index (χ4v) is 2.18. The van der Waals surface area contributed by atoms with E-state index in [0.717, 1.165) is 23.3 Å². The van der Waals surface area contributed by atoms with E-state index in [1.165, 1.54) is 6.07 Å². The molecule has 0 aromatic heterocycles. The normalized spacial score (nSPS) is 10.3. The summed E-state index contributed by atoms with van der Waals surface area (Å²) >= 11 is 6.20. The van der Waals surface area contributed by atoms with Crippen LogP contribution in [-0.4, -0.2) is 17.7 Å². The Kier molecular flexibility index (Phi) is 4.64. The number of rotatable bonds is 5. The maximum atomic E-state index is 10.9. The van der Waals surface area contributed by atoms with Gasteiger partial charge in [0.1, 0.15) is 5.75 Å². The van der Waals surface area contributed by atoms with Crippen LogP contribution in [0.1, 0.15) is 23.7 Å². The first-order valence-corrected chi connectivity index (χ1v) is 6.76. The van der Waals surface area contributed by atoms with Crippen molar-refractivity contribution in [2.45, 2.75) is 13.3 Å². The average Bonchev–Trinajstić information content (AvgIpc) is 2.45. The largest absolute Gasteiger partial charge is 0.493 e. The van der Waals surface area contributed by atoms with Crippen molar-refractivity contribution in [1.29, 1.82) is 0 Å². The van der Waals surface area contributed by atoms with Gasteiger partial charge in [-0.1, -0.05) is 42.8 Å². The van der Waals surface area contributed by atoms with Crippen LogP contribution in [0.15, 0.2) is 42.5 Å². The van der Waals surface area contributed by atoms with E-state index in [2.05, 4.69) is 0 Å². The molecule has 2 aromatic rings. The molecular weight excluding hydrogens is 276 g/mol. The molecule has 0 bridgehead atoms. The van der Waals surface area contributed by atoms with Crippen LogP contribution in [-0.2, 0) is 0 Å². The van der Waals surface area contributed by atoms with Crippen molar-refractivity contribution in [1.82, 2.24) is 0 Å². The number of halogens is 1. The van der Waals surface area contributed by atoms with Crippen molar-refractivity contribution < 1.29 is 14.6 Å². The molecule has 0 radical (unpaired) electrons. The summed E-state index contributed by atoms with van der Waals surface area (Å²) < 4.78 is 5.70. The lowest BCUT2D eigenvalue weighted by atomic mass is 10.0. The van der Waals surface area contributed by atoms with Crippen LogP contribution in [0.25, 0.3) is 11.1 Å². The minimum absolute atomic E-state index is 0.172. The van der Waals surface area contributed by atoms with Gasteiger partial charge in [-0.25, -0.2) is 4.79 Å². The Labute approximate surface area is 122 Å². The summed E-state index contributed by atoms with van der Waals surface area (Å²) in [5.41, 5.74) is 1.80. The Morgan fingerprint density at radius 1 is 1.20 bits per heavy atom. The summed E-state index contributed by atoms with van der Waals surface area (Å²) in [5, 5.41) is 9.36. The van der Waals surface area contributed by atoms with Crippen molar-refractivity contribution in [3.8, 4) is 16.9 Å². The van der Waals surface area contributed by atoms with Crippen LogP contribution in [0.4, 0.5) is 0 Å². The minimum Gasteiger partial charge on any atom is -0.493 e. The predicted octanol–water partition coefficient (Wildman–Crippen LogP) is 4.49. The molecule has 0 heterocycles. The van der Waals surface area contributed by atoms with E-state index in [1.807, 2.05) is 31.2 Å². The van der Waals surface area contributed by atoms with Gasteiger partial charge in [-0.15, -0.1) is 0 Å². The minimum atomic E-state index is -0.992. The summed E-state index contributed by atoms with van der Waals surface area (Å²) in [6.07, 6.45) is 0.917. The molecule has 0 atom stereocenters. The zero-order valence-corrected chi connectivity index (χ0v) is 11.9. The van der Waals surface area contributed by atoms with Gasteiger partial charge >= 0.3 is 5.97 Å². The third kappa shape index (κ3) is 3.11. The van der Waals surface area contributed by atoms with Crippen molar-refractivity contribution in [3.63, 3.8) is 0 Å². The van der Waals surface area contributed by atoms with E-state index in [-0.39, 0.29) is 5.56 Å². The van der Waals surface area contributed by atoms with Gasteiger partial charge in [-0.2, -0.15) is 0 Å². The third-order valence-corrected chi connectivity index (χ3v) is 3.17. The Morgan fingerprint density at radius 3 is 2.60 bits per heavy atom. The maximum Gasteiger partial charge on any atom is 0.335 e. The van der Waals surface area contributed by atoms with E-state index < -0.39 is 5.97 Å². The molecule has 0 spiro atoms. The van der Waals surface area contributed by atoms with Gasteiger partial charge in [-0.3, -0.25) is 0 Å². The number of carboxylic acids is 1. The molecule has 2 rings (SSSR count). The van der Waals surface area contributed by atoms with Crippen LogP contribution in [0, 0.1) is 0 Å². The van der Waals surface area contributed by atoms with Crippen molar-refractivity contribution >= 4 is 17.6 Å². The molecule has 1 N–H and O–H groups in total. The number of benzene rings is 2. The molecule has 0 aliphatic rings. The maximum absolute atomic E-state index is 10.9. The van der Waals surface area contributed by atoms with Gasteiger partial charge in [0.25, 0.3) is 0 Å². The second-order valence-corrected chi connectivity index (χ2v) is 4.75. The molecule has 0 aliphatic heterocycles. The zero-order valence-electron chi connectivity index (χ0n) is 11.1. The van der Waals surface area contributed by atoms with E-state index in [9.17, 15) is 4.79 Å². The van der Waals surface area contributed by atoms with Gasteiger partial charge in [0.05, 0.1) is 12.2 Å². The molecule has 0 unspecified atom stereocenters. The Bertz CT molecular complexity index is 623. The number of ether oxygens (including phenoxy) is 1. The summed E-state index contributed by atoms with van der Waals surface area (Å²) in [4.78, 5) is 10.9. The van der Waals surface area contributed by atoms with Crippen LogP contribution in [0.5, 0.6) is 5.75 Å². The highest BCUT2D eigenvalue weighted by atomic mass is 35.5. The average molecular weight is 291 g/mol. The molecule has 20 heavy (non-hydrogen) atoms. The number of carbonyl (C=O) groups is 1. The predicted molar refractivity (Wildman–Crippen MR) is 79.6 cm³/mol. The second-order valence-electron chi connectivity index (χ2n) is 4.34. The van der Waals surface area contributed by atoms with Crippen LogP contribution >= 0.6 is 11.6 Å². The first-order valence-electron chi connectivity index (χ1n) is 6.38. The molecule has 3 nitrogen and oxygen atoms in total. The lowest BCUT2D eigenvalue weighted by molar-refractivity contribution is 0.0697. The van der Waals surface area contributed by atoms with Gasteiger partial charge in [0.2, 0.25) is 0 Å². The number of carboxylic acid groups (broad SMARTS) is 1. The second kappa shape index (κ2) is 6.44. The van der Waals surface area contributed by atoms with E-state index in [1.54, 1.807) is 12.1 Å². The number of hydrogen-bond acceptors (Lipinski definition) is 2. The monoisotopic (exact) mass is 290 g/mol. The molecule has 0 fully saturated rings. The molecular formula is C16H15ClO3. The Balaban J connectivity index is 2.43. The van der Waals surface area contributed by atoms with Gasteiger partial charge in [0.15, 0.2) is 0 Å². The van der Waals surface area contributed by atoms with Crippen molar-refractivity contribution in [3.05, 3.63) is 53.1 Å². The zero-order chi connectivity index (χ0) is 14.5. The molecule has 0 saturated carbocycles. The standard InChI is InChI=1S/C16H15ClO3/c1-2-9-20-15-6-4-3-5-13(15)12-8-7-11(16(18)19)10-14(12)17/h3-8,10H,2,9H2,1H3,(H,18,19). The number of para-hydroxylation sites is 1. The fraction of sp³-hybridized carbons (Fsp3) is 0.188. The van der Waals surface area contributed by atoms with E-state index >= 15 is 0 Å². The highest BCUT2D eigenvalue weighted by Crippen LogP contribution is 2.35. The topological polar surface area (TPSA) is 46.5 Å². The molecule has 0 aliphatic carbocycles. The SMILES string of the molecule is CCCOc1ccccc1-c1ccc(C(=O)O)cc1Cl. The first kappa shape index (κ1) is 14.4. The molecule has 0 amide bonds. The van der Waals surface area contributed by atoms with Crippen LogP contribution in [0.3, 0.4) is 0 Å². The van der Waals surface area contributed by atoms with Crippen molar-refractivity contribution in [2.24, 2.45) is 0 Å². The molecule has 4 heteroatoms. The van der Waals surface area contributed by atoms with E-state index in [0.29, 0.717) is 11.6 Å². The highest BCUT2D eigenvalue weighted by molar-refractivity contribution is 6.33. The molecule has 104 valence electrons. The quantitative estimate of drug-likeness (QED) is 0.882. The summed E-state index contributed by atoms with van der Waals surface area (Å²) in [7, 11) is 0. The third-order valence-electron chi connectivity index (χ3n) is 2.85. The fourth-order valence-electron chi connectivity index (χ4n) is 1.89. The van der Waals surface area contributed by atoms with Gasteiger partial charge in [-0.05, 0) is 24.6 Å². The Morgan fingerprint density at radius 2 is 1.95 bits per heavy atom. The summed E-state index contributed by atoms with van der Waals surface area (Å²) in [6.45, 7) is 2.67. The first-order chi connectivity index (χ1) is 9.63. The molecule has 0 saturated heterocycles. The van der Waals surface area contributed by atoms with Gasteiger partial charge in [0, 0.05) is 16.1 Å². The van der Waals surface area contributed by atoms with Gasteiger partial charge < -0.3 is 9.84 Å². The van der Waals surface area contributed by atoms with E-state index in [4.69, 9.17) is 21.4 Å². The number of aromatic carboxylic acids is 1. The summed E-state index contributed by atoms with van der Waals surface area (Å²) in [6, 6.07) is 12.3. The lowest BCUT2D eigenvalue weighted by Crippen LogP contribution is -1.98. The summed E-state index contributed by atoms with van der Waals surface area (Å²) in [5.74, 6) is -0.242.